The van der Waals surface area contributed by atoms with E-state index in [1.807, 2.05) is 39.8 Å². The van der Waals surface area contributed by atoms with Crippen molar-refractivity contribution < 1.29 is 3.07 Å². The summed E-state index contributed by atoms with van der Waals surface area (Å²) >= 11 is 4.19. The van der Waals surface area contributed by atoms with Gasteiger partial charge < -0.3 is 3.07 Å². The van der Waals surface area contributed by atoms with Crippen molar-refractivity contribution in [2.24, 2.45) is 0 Å². The maximum atomic E-state index is 5.11. The molecule has 2 heterocycles. The highest BCUT2D eigenvalue weighted by atomic mass is 127. The summed E-state index contributed by atoms with van der Waals surface area (Å²) in [5.74, 6) is 0.917. The third-order valence-corrected chi connectivity index (χ3v) is 4.40. The van der Waals surface area contributed by atoms with Crippen LogP contribution < -0.4 is 3.11 Å². The number of aromatic nitrogens is 3. The normalized spacial score (nSPS) is 11.2. The van der Waals surface area contributed by atoms with Crippen LogP contribution in [0.25, 0.3) is 5.65 Å². The standard InChI is InChI=1S/C13H18I2N4O/c1-2-3-4-5-11-10-12-16-6-7-18(12)13(17-11)19(14)8-9-20-15/h6-7,10H,2-5,8-9H2,1H3. The predicted octanol–water partition coefficient (Wildman–Crippen LogP) is 3.99. The van der Waals surface area contributed by atoms with Crippen molar-refractivity contribution in [2.45, 2.75) is 32.6 Å². The number of hydrogen-bond acceptors (Lipinski definition) is 4. The van der Waals surface area contributed by atoms with E-state index in [0.29, 0.717) is 6.61 Å². The van der Waals surface area contributed by atoms with E-state index >= 15 is 0 Å². The first-order valence-electron chi connectivity index (χ1n) is 6.76. The molecule has 0 aliphatic rings. The number of imidazole rings is 1. The van der Waals surface area contributed by atoms with Crippen LogP contribution in [0.5, 0.6) is 0 Å². The maximum Gasteiger partial charge on any atom is 0.220 e. The van der Waals surface area contributed by atoms with E-state index < -0.39 is 0 Å². The van der Waals surface area contributed by atoms with Gasteiger partial charge in [-0.3, -0.25) is 7.51 Å². The van der Waals surface area contributed by atoms with E-state index in [1.165, 1.54) is 19.3 Å². The molecule has 0 fully saturated rings. The molecule has 0 spiro atoms. The number of nitrogens with zero attached hydrogens (tertiary/aromatic N) is 4. The molecule has 0 radical (unpaired) electrons. The molecule has 2 rings (SSSR count). The number of anilines is 1. The molecule has 2 aromatic rings. The molecular weight excluding hydrogens is 482 g/mol. The molecule has 0 aliphatic heterocycles. The molecule has 7 heteroatoms. The summed E-state index contributed by atoms with van der Waals surface area (Å²) in [6.07, 6.45) is 8.42. The largest absolute Gasteiger partial charge is 0.314 e. The van der Waals surface area contributed by atoms with Crippen molar-refractivity contribution in [1.82, 2.24) is 14.4 Å². The van der Waals surface area contributed by atoms with E-state index in [1.54, 1.807) is 0 Å². The van der Waals surface area contributed by atoms with Gasteiger partial charge in [0.2, 0.25) is 5.95 Å². The Morgan fingerprint density at radius 1 is 1.40 bits per heavy atom. The summed E-state index contributed by atoms with van der Waals surface area (Å²) in [4.78, 5) is 9.17. The summed E-state index contributed by atoms with van der Waals surface area (Å²) < 4.78 is 9.20. The predicted molar refractivity (Wildman–Crippen MR) is 97.6 cm³/mol. The van der Waals surface area contributed by atoms with Crippen molar-refractivity contribution >= 4 is 57.5 Å². The third kappa shape index (κ3) is 4.17. The average molecular weight is 500 g/mol. The molecule has 110 valence electrons. The Morgan fingerprint density at radius 2 is 2.25 bits per heavy atom. The molecular formula is C13H18I2N4O. The van der Waals surface area contributed by atoms with Crippen molar-refractivity contribution in [3.05, 3.63) is 24.2 Å². The molecule has 0 amide bonds. The van der Waals surface area contributed by atoms with E-state index in [2.05, 4.69) is 44.0 Å². The number of hydrogen-bond donors (Lipinski definition) is 0. The Bertz CT molecular complexity index is 546. The lowest BCUT2D eigenvalue weighted by Gasteiger charge is -2.17. The van der Waals surface area contributed by atoms with Gasteiger partial charge in [0.05, 0.1) is 36.0 Å². The number of halogens is 2. The maximum absolute atomic E-state index is 5.11. The molecule has 0 aromatic carbocycles. The fourth-order valence-corrected chi connectivity index (χ4v) is 2.76. The van der Waals surface area contributed by atoms with Gasteiger partial charge >= 0.3 is 0 Å². The summed E-state index contributed by atoms with van der Waals surface area (Å²) in [5, 5.41) is 0. The van der Waals surface area contributed by atoms with Gasteiger partial charge in [0.15, 0.2) is 0 Å². The lowest BCUT2D eigenvalue weighted by Crippen LogP contribution is -2.19. The van der Waals surface area contributed by atoms with Crippen LogP contribution in [0.2, 0.25) is 0 Å². The Hall–Kier alpha value is -0.160. The highest BCUT2D eigenvalue weighted by Crippen LogP contribution is 2.20. The van der Waals surface area contributed by atoms with Crippen LogP contribution in [0.4, 0.5) is 5.95 Å². The summed E-state index contributed by atoms with van der Waals surface area (Å²) in [6.45, 7) is 3.68. The smallest absolute Gasteiger partial charge is 0.220 e. The van der Waals surface area contributed by atoms with Crippen LogP contribution in [0.15, 0.2) is 18.5 Å². The van der Waals surface area contributed by atoms with E-state index in [9.17, 15) is 0 Å². The first kappa shape index (κ1) is 16.2. The molecule has 0 atom stereocenters. The zero-order valence-electron chi connectivity index (χ0n) is 11.4. The van der Waals surface area contributed by atoms with Gasteiger partial charge in [-0.05, 0) is 12.8 Å². The number of unbranched alkanes of at least 4 members (excludes halogenated alkanes) is 2. The van der Waals surface area contributed by atoms with Gasteiger partial charge in [-0.25, -0.2) is 9.97 Å². The Morgan fingerprint density at radius 3 is 3.00 bits per heavy atom. The van der Waals surface area contributed by atoms with Crippen molar-refractivity contribution in [2.75, 3.05) is 16.3 Å². The fraction of sp³-hybridized carbons (Fsp3) is 0.538. The average Bonchev–Trinajstić information content (AvgIpc) is 2.92. The van der Waals surface area contributed by atoms with Gasteiger partial charge in [0.25, 0.3) is 0 Å². The van der Waals surface area contributed by atoms with Gasteiger partial charge in [-0.2, -0.15) is 0 Å². The number of fused-ring (bicyclic) bond motifs is 1. The van der Waals surface area contributed by atoms with E-state index in [0.717, 1.165) is 30.3 Å². The van der Waals surface area contributed by atoms with E-state index in [-0.39, 0.29) is 0 Å². The zero-order chi connectivity index (χ0) is 14.4. The van der Waals surface area contributed by atoms with E-state index in [4.69, 9.17) is 8.05 Å². The summed E-state index contributed by atoms with van der Waals surface area (Å²) in [7, 11) is 0. The number of aryl methyl sites for hydroxylation is 1. The topological polar surface area (TPSA) is 42.7 Å². The summed E-state index contributed by atoms with van der Waals surface area (Å²) in [5.41, 5.74) is 2.07. The van der Waals surface area contributed by atoms with Crippen LogP contribution in [-0.4, -0.2) is 27.5 Å². The van der Waals surface area contributed by atoms with Gasteiger partial charge in [-0.1, -0.05) is 19.8 Å². The molecule has 0 unspecified atom stereocenters. The minimum absolute atomic E-state index is 0.668. The highest BCUT2D eigenvalue weighted by molar-refractivity contribution is 14.1. The lowest BCUT2D eigenvalue weighted by molar-refractivity contribution is 0.442. The molecule has 0 saturated carbocycles. The molecule has 2 aromatic heterocycles. The van der Waals surface area contributed by atoms with Crippen LogP contribution in [0.3, 0.4) is 0 Å². The monoisotopic (exact) mass is 500 g/mol. The van der Waals surface area contributed by atoms with Gasteiger partial charge in [0.1, 0.15) is 28.7 Å². The highest BCUT2D eigenvalue weighted by Gasteiger charge is 2.12. The van der Waals surface area contributed by atoms with Gasteiger partial charge in [-0.15, -0.1) is 0 Å². The van der Waals surface area contributed by atoms with Gasteiger partial charge in [0, 0.05) is 24.2 Å². The first-order chi connectivity index (χ1) is 9.76. The quantitative estimate of drug-likeness (QED) is 0.313. The summed E-state index contributed by atoms with van der Waals surface area (Å²) in [6, 6.07) is 2.08. The second-order valence-electron chi connectivity index (χ2n) is 4.56. The second kappa shape index (κ2) is 8.32. The van der Waals surface area contributed by atoms with Crippen LogP contribution >= 0.6 is 45.9 Å². The number of rotatable bonds is 8. The minimum Gasteiger partial charge on any atom is -0.314 e. The second-order valence-corrected chi connectivity index (χ2v) is 6.35. The molecule has 0 aliphatic carbocycles. The molecule has 0 bridgehead atoms. The zero-order valence-corrected chi connectivity index (χ0v) is 15.7. The van der Waals surface area contributed by atoms with Crippen molar-refractivity contribution in [1.29, 1.82) is 0 Å². The van der Waals surface area contributed by atoms with Crippen LogP contribution in [0.1, 0.15) is 31.9 Å². The molecule has 0 N–H and O–H groups in total. The Labute approximate surface area is 147 Å². The SMILES string of the molecule is CCCCCc1cc2nccn2c(N(I)CCOI)n1. The van der Waals surface area contributed by atoms with Crippen molar-refractivity contribution in [3.63, 3.8) is 0 Å². The molecule has 5 nitrogen and oxygen atoms in total. The van der Waals surface area contributed by atoms with Crippen LogP contribution in [-0.2, 0) is 9.49 Å². The lowest BCUT2D eigenvalue weighted by atomic mass is 10.1. The fourth-order valence-electron chi connectivity index (χ4n) is 2.02. The van der Waals surface area contributed by atoms with Crippen LogP contribution in [0, 0.1) is 0 Å². The molecule has 20 heavy (non-hydrogen) atoms. The minimum atomic E-state index is 0.668. The Kier molecular flexibility index (Phi) is 6.75. The Balaban J connectivity index is 2.23. The molecule has 0 saturated heterocycles. The third-order valence-electron chi connectivity index (χ3n) is 3.04. The van der Waals surface area contributed by atoms with Crippen molar-refractivity contribution in [3.8, 4) is 0 Å². The first-order valence-corrected chi connectivity index (χ1v) is 8.60.